The fraction of sp³-hybridized carbons (Fsp3) is 0.600. The summed E-state index contributed by atoms with van der Waals surface area (Å²) in [6, 6.07) is 6.85. The summed E-state index contributed by atoms with van der Waals surface area (Å²) in [5, 5.41) is 0. The molecule has 0 saturated carbocycles. The van der Waals surface area contributed by atoms with Crippen LogP contribution in [0.5, 0.6) is 0 Å². The minimum absolute atomic E-state index is 0.0817. The fourth-order valence-corrected chi connectivity index (χ4v) is 4.57. The molecule has 112 valence electrons. The summed E-state index contributed by atoms with van der Waals surface area (Å²) < 4.78 is 26.9. The van der Waals surface area contributed by atoms with Crippen molar-refractivity contribution in [3.05, 3.63) is 29.8 Å². The molecule has 3 unspecified atom stereocenters. The largest absolute Gasteiger partial charge is 0.324 e. The highest BCUT2D eigenvalue weighted by Gasteiger charge is 2.31. The first-order valence-corrected chi connectivity index (χ1v) is 8.60. The van der Waals surface area contributed by atoms with E-state index in [4.69, 9.17) is 5.73 Å². The summed E-state index contributed by atoms with van der Waals surface area (Å²) in [4.78, 5) is 0.364. The second-order valence-corrected chi connectivity index (χ2v) is 8.06. The van der Waals surface area contributed by atoms with Crippen LogP contribution in [0.3, 0.4) is 0 Å². The number of rotatable bonds is 3. The van der Waals surface area contributed by atoms with Gasteiger partial charge in [-0.2, -0.15) is 4.31 Å². The normalized spacial score (nSPS) is 26.4. The van der Waals surface area contributed by atoms with Gasteiger partial charge in [0, 0.05) is 19.1 Å². The van der Waals surface area contributed by atoms with Gasteiger partial charge < -0.3 is 5.73 Å². The summed E-state index contributed by atoms with van der Waals surface area (Å²) in [7, 11) is -3.38. The van der Waals surface area contributed by atoms with Gasteiger partial charge in [0.15, 0.2) is 0 Å². The van der Waals surface area contributed by atoms with E-state index >= 15 is 0 Å². The van der Waals surface area contributed by atoms with E-state index in [1.54, 1.807) is 28.6 Å². The molecule has 2 N–H and O–H groups in total. The summed E-state index contributed by atoms with van der Waals surface area (Å²) >= 11 is 0. The van der Waals surface area contributed by atoms with E-state index in [1.807, 2.05) is 6.92 Å². The number of sulfonamides is 1. The molecule has 1 heterocycles. The fourth-order valence-electron chi connectivity index (χ4n) is 2.89. The topological polar surface area (TPSA) is 63.4 Å². The first kappa shape index (κ1) is 15.5. The van der Waals surface area contributed by atoms with Gasteiger partial charge >= 0.3 is 0 Å². The van der Waals surface area contributed by atoms with Gasteiger partial charge in [0.25, 0.3) is 0 Å². The van der Waals surface area contributed by atoms with Gasteiger partial charge in [0.2, 0.25) is 10.0 Å². The van der Waals surface area contributed by atoms with Gasteiger partial charge in [-0.15, -0.1) is 0 Å². The first-order chi connectivity index (χ1) is 9.30. The van der Waals surface area contributed by atoms with Gasteiger partial charge in [-0.3, -0.25) is 0 Å². The molecule has 0 aliphatic carbocycles. The molecule has 4 nitrogen and oxygen atoms in total. The molecule has 1 aromatic rings. The molecule has 0 bridgehead atoms. The summed E-state index contributed by atoms with van der Waals surface area (Å²) in [5.41, 5.74) is 6.74. The summed E-state index contributed by atoms with van der Waals surface area (Å²) in [5.74, 6) is 0.828. The molecular formula is C15H24N2O2S. The van der Waals surface area contributed by atoms with Crippen LogP contribution in [0.4, 0.5) is 0 Å². The van der Waals surface area contributed by atoms with Crippen molar-refractivity contribution in [3.8, 4) is 0 Å². The van der Waals surface area contributed by atoms with Crippen molar-refractivity contribution < 1.29 is 8.42 Å². The quantitative estimate of drug-likeness (QED) is 0.931. The van der Waals surface area contributed by atoms with Crippen LogP contribution in [-0.4, -0.2) is 25.8 Å². The Morgan fingerprint density at radius 1 is 1.15 bits per heavy atom. The second kappa shape index (κ2) is 5.84. The van der Waals surface area contributed by atoms with Crippen molar-refractivity contribution in [2.45, 2.75) is 38.1 Å². The zero-order valence-corrected chi connectivity index (χ0v) is 13.2. The van der Waals surface area contributed by atoms with Crippen molar-refractivity contribution in [2.75, 3.05) is 13.1 Å². The van der Waals surface area contributed by atoms with Gasteiger partial charge in [-0.05, 0) is 42.9 Å². The third-order valence-corrected chi connectivity index (χ3v) is 5.72. The number of hydrogen-bond acceptors (Lipinski definition) is 3. The van der Waals surface area contributed by atoms with Gasteiger partial charge in [-0.1, -0.05) is 26.0 Å². The SMILES string of the molecule is CC1CC(C)CN(S(=O)(=O)c2ccc(C(C)N)cc2)C1. The molecular weight excluding hydrogens is 272 g/mol. The smallest absolute Gasteiger partial charge is 0.243 e. The van der Waals surface area contributed by atoms with E-state index in [0.29, 0.717) is 29.8 Å². The third kappa shape index (κ3) is 3.22. The molecule has 1 aliphatic heterocycles. The average Bonchev–Trinajstić information content (AvgIpc) is 2.37. The Bertz CT molecular complexity index is 542. The van der Waals surface area contributed by atoms with Crippen LogP contribution in [0.1, 0.15) is 38.8 Å². The highest BCUT2D eigenvalue weighted by molar-refractivity contribution is 7.89. The number of benzene rings is 1. The van der Waals surface area contributed by atoms with Gasteiger partial charge in [0.05, 0.1) is 4.90 Å². The van der Waals surface area contributed by atoms with E-state index < -0.39 is 10.0 Å². The predicted molar refractivity (Wildman–Crippen MR) is 80.7 cm³/mol. The Hall–Kier alpha value is -0.910. The van der Waals surface area contributed by atoms with E-state index in [9.17, 15) is 8.42 Å². The molecule has 1 aromatic carbocycles. The maximum Gasteiger partial charge on any atom is 0.243 e. The van der Waals surface area contributed by atoms with Crippen LogP contribution in [0.2, 0.25) is 0 Å². The minimum atomic E-state index is -3.38. The zero-order chi connectivity index (χ0) is 14.9. The maximum atomic E-state index is 12.7. The lowest BCUT2D eigenvalue weighted by molar-refractivity contribution is 0.222. The average molecular weight is 296 g/mol. The van der Waals surface area contributed by atoms with Crippen LogP contribution in [0.15, 0.2) is 29.2 Å². The van der Waals surface area contributed by atoms with E-state index in [0.717, 1.165) is 12.0 Å². The van der Waals surface area contributed by atoms with Crippen LogP contribution in [-0.2, 0) is 10.0 Å². The second-order valence-electron chi connectivity index (χ2n) is 6.13. The summed E-state index contributed by atoms with van der Waals surface area (Å²) in [6.45, 7) is 7.33. The van der Waals surface area contributed by atoms with Crippen molar-refractivity contribution >= 4 is 10.0 Å². The monoisotopic (exact) mass is 296 g/mol. The van der Waals surface area contributed by atoms with Crippen molar-refractivity contribution in [3.63, 3.8) is 0 Å². The molecule has 1 fully saturated rings. The lowest BCUT2D eigenvalue weighted by atomic mass is 9.94. The van der Waals surface area contributed by atoms with Crippen LogP contribution in [0.25, 0.3) is 0 Å². The highest BCUT2D eigenvalue weighted by Crippen LogP contribution is 2.27. The lowest BCUT2D eigenvalue weighted by Gasteiger charge is -2.34. The number of nitrogens with zero attached hydrogens (tertiary/aromatic N) is 1. The number of piperidine rings is 1. The Morgan fingerprint density at radius 3 is 2.10 bits per heavy atom. The maximum absolute atomic E-state index is 12.7. The first-order valence-electron chi connectivity index (χ1n) is 7.16. The Labute approximate surface area is 122 Å². The molecule has 1 aliphatic rings. The predicted octanol–water partition coefficient (Wildman–Crippen LogP) is 2.37. The molecule has 1 saturated heterocycles. The molecule has 0 spiro atoms. The highest BCUT2D eigenvalue weighted by atomic mass is 32.2. The molecule has 3 atom stereocenters. The molecule has 0 amide bonds. The van der Waals surface area contributed by atoms with Crippen molar-refractivity contribution in [2.24, 2.45) is 17.6 Å². The van der Waals surface area contributed by atoms with E-state index in [2.05, 4.69) is 13.8 Å². The third-order valence-electron chi connectivity index (χ3n) is 3.88. The molecule has 5 heteroatoms. The molecule has 2 rings (SSSR count). The van der Waals surface area contributed by atoms with Crippen molar-refractivity contribution in [1.29, 1.82) is 0 Å². The van der Waals surface area contributed by atoms with E-state index in [-0.39, 0.29) is 6.04 Å². The minimum Gasteiger partial charge on any atom is -0.324 e. The van der Waals surface area contributed by atoms with Crippen LogP contribution < -0.4 is 5.73 Å². The Kier molecular flexibility index (Phi) is 4.52. The lowest BCUT2D eigenvalue weighted by Crippen LogP contribution is -2.42. The Balaban J connectivity index is 2.25. The molecule has 0 aromatic heterocycles. The molecule has 0 radical (unpaired) electrons. The molecule has 20 heavy (non-hydrogen) atoms. The van der Waals surface area contributed by atoms with Crippen LogP contribution in [0, 0.1) is 11.8 Å². The summed E-state index contributed by atoms with van der Waals surface area (Å²) in [6.07, 6.45) is 1.09. The standard InChI is InChI=1S/C15H24N2O2S/c1-11-8-12(2)10-17(9-11)20(18,19)15-6-4-14(5-7-15)13(3)16/h4-7,11-13H,8-10,16H2,1-3H3. The van der Waals surface area contributed by atoms with Crippen LogP contribution >= 0.6 is 0 Å². The van der Waals surface area contributed by atoms with E-state index in [1.165, 1.54) is 0 Å². The van der Waals surface area contributed by atoms with Gasteiger partial charge in [-0.25, -0.2) is 8.42 Å². The van der Waals surface area contributed by atoms with Gasteiger partial charge in [0.1, 0.15) is 0 Å². The Morgan fingerprint density at radius 2 is 1.65 bits per heavy atom. The number of hydrogen-bond donors (Lipinski definition) is 1. The van der Waals surface area contributed by atoms with Crippen molar-refractivity contribution in [1.82, 2.24) is 4.31 Å². The zero-order valence-electron chi connectivity index (χ0n) is 12.4. The number of nitrogens with two attached hydrogens (primary N) is 1.